The van der Waals surface area contributed by atoms with E-state index in [-0.39, 0.29) is 0 Å². The molecule has 0 amide bonds. The molecule has 0 aromatic heterocycles. The molecule has 0 aliphatic rings. The molecule has 0 aliphatic heterocycles. The predicted molar refractivity (Wildman–Crippen MR) is 112 cm³/mol. The minimum absolute atomic E-state index is 0.331. The molecule has 0 spiro atoms. The number of aliphatic hydroxyl groups excluding tert-OH is 1. The number of hydrogen-bond acceptors (Lipinski definition) is 4. The zero-order valence-corrected chi connectivity index (χ0v) is 17.5. The quantitative estimate of drug-likeness (QED) is 0.558. The molecule has 0 heterocycles. The number of aryl methyl sites for hydroxylation is 1. The van der Waals surface area contributed by atoms with Crippen molar-refractivity contribution in [2.75, 3.05) is 13.1 Å². The molecule has 0 atom stereocenters. The molecule has 2 aromatic rings. The molecular formula is C22H31NO4S. The third kappa shape index (κ3) is 6.14. The van der Waals surface area contributed by atoms with Gasteiger partial charge in [0, 0.05) is 13.1 Å². The summed E-state index contributed by atoms with van der Waals surface area (Å²) in [5.74, 6) is 0. The molecule has 0 fully saturated rings. The summed E-state index contributed by atoms with van der Waals surface area (Å²) < 4.78 is 27.2. The maximum Gasteiger partial charge on any atom is 0.243 e. The molecule has 6 heteroatoms. The minimum Gasteiger partial charge on any atom is -0.368 e. The number of hydrogen-bond donors (Lipinski definition) is 2. The van der Waals surface area contributed by atoms with Crippen LogP contribution in [0.1, 0.15) is 45.1 Å². The van der Waals surface area contributed by atoms with E-state index >= 15 is 0 Å². The Hall–Kier alpha value is -1.73. The van der Waals surface area contributed by atoms with Crippen molar-refractivity contribution >= 4 is 10.0 Å². The predicted octanol–water partition coefficient (Wildman–Crippen LogP) is 3.80. The summed E-state index contributed by atoms with van der Waals surface area (Å²) in [5, 5.41) is 17.8. The molecular weight excluding hydrogens is 374 g/mol. The summed E-state index contributed by atoms with van der Waals surface area (Å²) in [4.78, 5) is 0.331. The Balaban J connectivity index is 2.11. The first-order valence-corrected chi connectivity index (χ1v) is 11.4. The van der Waals surface area contributed by atoms with Crippen molar-refractivity contribution in [3.8, 4) is 11.1 Å². The lowest BCUT2D eigenvalue weighted by Gasteiger charge is -2.21. The van der Waals surface area contributed by atoms with Gasteiger partial charge in [-0.2, -0.15) is 4.31 Å². The van der Waals surface area contributed by atoms with Crippen LogP contribution in [0, 0.1) is 0 Å². The number of aliphatic hydroxyl groups is 2. The third-order valence-electron chi connectivity index (χ3n) is 4.65. The Bertz CT molecular complexity index is 809. The van der Waals surface area contributed by atoms with E-state index < -0.39 is 16.3 Å². The summed E-state index contributed by atoms with van der Waals surface area (Å²) >= 11 is 0. The number of sulfonamides is 1. The molecule has 0 saturated carbocycles. The van der Waals surface area contributed by atoms with E-state index in [1.54, 1.807) is 16.4 Å². The van der Waals surface area contributed by atoms with Gasteiger partial charge in [-0.3, -0.25) is 0 Å². The van der Waals surface area contributed by atoms with Crippen molar-refractivity contribution in [1.29, 1.82) is 0 Å². The first kappa shape index (κ1) is 22.6. The fourth-order valence-electron chi connectivity index (χ4n) is 3.17. The highest BCUT2D eigenvalue weighted by Gasteiger charge is 2.22. The van der Waals surface area contributed by atoms with Crippen molar-refractivity contribution < 1.29 is 18.6 Å². The smallest absolute Gasteiger partial charge is 0.243 e. The van der Waals surface area contributed by atoms with Crippen LogP contribution in [0.2, 0.25) is 0 Å². The summed E-state index contributed by atoms with van der Waals surface area (Å²) in [5.41, 5.74) is 3.13. The second-order valence-electron chi connectivity index (χ2n) is 7.00. The van der Waals surface area contributed by atoms with Gasteiger partial charge in [0.05, 0.1) is 4.90 Å². The van der Waals surface area contributed by atoms with E-state index in [9.17, 15) is 8.42 Å². The Morgan fingerprint density at radius 1 is 0.857 bits per heavy atom. The zero-order valence-electron chi connectivity index (χ0n) is 16.7. The molecule has 2 N–H and O–H groups in total. The van der Waals surface area contributed by atoms with E-state index in [0.717, 1.165) is 42.4 Å². The summed E-state index contributed by atoms with van der Waals surface area (Å²) in [7, 11) is -3.46. The lowest BCUT2D eigenvalue weighted by molar-refractivity contribution is -0.0461. The van der Waals surface area contributed by atoms with Crippen LogP contribution in [0.15, 0.2) is 53.4 Å². The molecule has 0 saturated heterocycles. The van der Waals surface area contributed by atoms with Crippen LogP contribution >= 0.6 is 0 Å². The number of nitrogens with zero attached hydrogens (tertiary/aromatic N) is 1. The Morgan fingerprint density at radius 2 is 1.36 bits per heavy atom. The lowest BCUT2D eigenvalue weighted by Crippen LogP contribution is -2.32. The highest BCUT2D eigenvalue weighted by atomic mass is 32.2. The molecule has 5 nitrogen and oxygen atoms in total. The van der Waals surface area contributed by atoms with Gasteiger partial charge in [-0.1, -0.05) is 50.2 Å². The first-order chi connectivity index (χ1) is 13.4. The van der Waals surface area contributed by atoms with Gasteiger partial charge >= 0.3 is 0 Å². The van der Waals surface area contributed by atoms with Crippen molar-refractivity contribution in [3.63, 3.8) is 0 Å². The normalized spacial score (nSPS) is 12.1. The maximum atomic E-state index is 12.8. The topological polar surface area (TPSA) is 77.8 Å². The molecule has 2 aromatic carbocycles. The Morgan fingerprint density at radius 3 is 1.82 bits per heavy atom. The fourth-order valence-corrected chi connectivity index (χ4v) is 4.80. The summed E-state index contributed by atoms with van der Waals surface area (Å²) in [6, 6.07) is 15.1. The molecule has 28 heavy (non-hydrogen) atoms. The van der Waals surface area contributed by atoms with Crippen LogP contribution in [-0.2, 0) is 16.4 Å². The number of benzene rings is 2. The van der Waals surface area contributed by atoms with Crippen LogP contribution in [0.5, 0.6) is 0 Å². The van der Waals surface area contributed by atoms with Gasteiger partial charge in [0.25, 0.3) is 0 Å². The highest BCUT2D eigenvalue weighted by Crippen LogP contribution is 2.24. The largest absolute Gasteiger partial charge is 0.368 e. The fraction of sp³-hybridized carbons (Fsp3) is 0.455. The summed E-state index contributed by atoms with van der Waals surface area (Å²) in [6.07, 6.45) is 2.21. The van der Waals surface area contributed by atoms with Crippen molar-refractivity contribution in [1.82, 2.24) is 4.31 Å². The Labute approximate surface area is 168 Å². The van der Waals surface area contributed by atoms with Gasteiger partial charge in [0.1, 0.15) is 0 Å². The van der Waals surface area contributed by atoms with Crippen LogP contribution in [0.3, 0.4) is 0 Å². The van der Waals surface area contributed by atoms with Gasteiger partial charge in [-0.15, -0.1) is 0 Å². The van der Waals surface area contributed by atoms with Crippen molar-refractivity contribution in [2.45, 2.75) is 57.1 Å². The Kier molecular flexibility index (Phi) is 8.63. The van der Waals surface area contributed by atoms with Crippen LogP contribution in [0.25, 0.3) is 11.1 Å². The van der Waals surface area contributed by atoms with Gasteiger partial charge in [-0.25, -0.2) is 8.42 Å². The van der Waals surface area contributed by atoms with Gasteiger partial charge < -0.3 is 10.2 Å². The first-order valence-electron chi connectivity index (χ1n) is 9.94. The maximum absolute atomic E-state index is 12.8. The average molecular weight is 406 g/mol. The van der Waals surface area contributed by atoms with Crippen LogP contribution in [-0.4, -0.2) is 42.3 Å². The molecule has 0 aliphatic carbocycles. The molecule has 2 rings (SSSR count). The second kappa shape index (κ2) is 10.7. The van der Waals surface area contributed by atoms with Gasteiger partial charge in [-0.05, 0) is 60.9 Å². The van der Waals surface area contributed by atoms with Gasteiger partial charge in [0.15, 0.2) is 6.29 Å². The van der Waals surface area contributed by atoms with Crippen LogP contribution < -0.4 is 0 Å². The molecule has 154 valence electrons. The summed E-state index contributed by atoms with van der Waals surface area (Å²) in [6.45, 7) is 5.03. The average Bonchev–Trinajstić information content (AvgIpc) is 2.68. The highest BCUT2D eigenvalue weighted by molar-refractivity contribution is 7.89. The lowest BCUT2D eigenvalue weighted by atomic mass is 10.0. The molecule has 0 radical (unpaired) electrons. The molecule has 0 bridgehead atoms. The van der Waals surface area contributed by atoms with Crippen molar-refractivity contribution in [3.05, 3.63) is 54.1 Å². The molecule has 0 unspecified atom stereocenters. The zero-order chi connectivity index (χ0) is 20.6. The third-order valence-corrected chi connectivity index (χ3v) is 6.57. The van der Waals surface area contributed by atoms with E-state index in [1.165, 1.54) is 0 Å². The number of rotatable bonds is 11. The standard InChI is InChI=1S/C22H31NO4S/c1-3-16-23(17-4-2)28(26,27)21-14-12-20(13-15-21)19-10-8-18(9-11-19)6-5-7-22(24)25/h8-15,22,24-25H,3-7,16-17H2,1-2H3. The second-order valence-corrected chi connectivity index (χ2v) is 8.94. The van der Waals surface area contributed by atoms with Crippen LogP contribution in [0.4, 0.5) is 0 Å². The van der Waals surface area contributed by atoms with Crippen molar-refractivity contribution in [2.24, 2.45) is 0 Å². The van der Waals surface area contributed by atoms with E-state index in [4.69, 9.17) is 10.2 Å². The van der Waals surface area contributed by atoms with Gasteiger partial charge in [0.2, 0.25) is 10.0 Å². The minimum atomic E-state index is -3.46. The van der Waals surface area contributed by atoms with E-state index in [0.29, 0.717) is 24.4 Å². The van der Waals surface area contributed by atoms with E-state index in [1.807, 2.05) is 50.2 Å². The van der Waals surface area contributed by atoms with E-state index in [2.05, 4.69) is 0 Å². The SMILES string of the molecule is CCCN(CCC)S(=O)(=O)c1ccc(-c2ccc(CCCC(O)O)cc2)cc1. The monoisotopic (exact) mass is 405 g/mol.